The number of amides is 2. The molecule has 0 atom stereocenters. The molecule has 0 saturated carbocycles. The third-order valence-electron chi connectivity index (χ3n) is 5.75. The molecule has 1 aromatic heterocycles. The van der Waals surface area contributed by atoms with Gasteiger partial charge in [0.2, 0.25) is 0 Å². The van der Waals surface area contributed by atoms with Gasteiger partial charge in [0, 0.05) is 27.8 Å². The summed E-state index contributed by atoms with van der Waals surface area (Å²) in [6, 6.07) is 24.3. The zero-order valence-corrected chi connectivity index (χ0v) is 19.6. The summed E-state index contributed by atoms with van der Waals surface area (Å²) in [5, 5.41) is 10.3. The SMILES string of the molecule is COc1cccc2c(Nc3ccc(NC(=O)Nc4cccc(C(F)(F)F)c4)cc3)c3ccccc3nc12. The lowest BCUT2D eigenvalue weighted by Crippen LogP contribution is -2.19. The molecule has 6 nitrogen and oxygen atoms in total. The zero-order valence-electron chi connectivity index (χ0n) is 19.6. The van der Waals surface area contributed by atoms with Gasteiger partial charge in [-0.3, -0.25) is 0 Å². The summed E-state index contributed by atoms with van der Waals surface area (Å²) in [4.78, 5) is 17.1. The van der Waals surface area contributed by atoms with Gasteiger partial charge in [0.1, 0.15) is 11.3 Å². The highest BCUT2D eigenvalue weighted by molar-refractivity contribution is 6.10. The summed E-state index contributed by atoms with van der Waals surface area (Å²) in [5.41, 5.74) is 2.85. The second kappa shape index (κ2) is 9.69. The van der Waals surface area contributed by atoms with Crippen LogP contribution >= 0.6 is 0 Å². The quantitative estimate of drug-likeness (QED) is 0.214. The molecular weight excluding hydrogens is 481 g/mol. The van der Waals surface area contributed by atoms with Crippen molar-refractivity contribution >= 4 is 50.6 Å². The Morgan fingerprint density at radius 3 is 2.22 bits per heavy atom. The first-order valence-corrected chi connectivity index (χ1v) is 11.3. The molecule has 0 aliphatic rings. The van der Waals surface area contributed by atoms with Gasteiger partial charge in [-0.15, -0.1) is 0 Å². The Balaban J connectivity index is 1.36. The van der Waals surface area contributed by atoms with Gasteiger partial charge >= 0.3 is 12.2 Å². The van der Waals surface area contributed by atoms with Crippen LogP contribution in [-0.4, -0.2) is 18.1 Å². The van der Waals surface area contributed by atoms with Crippen molar-refractivity contribution in [3.63, 3.8) is 0 Å². The number of benzene rings is 4. The largest absolute Gasteiger partial charge is 0.494 e. The Labute approximate surface area is 210 Å². The molecule has 1 heterocycles. The average molecular weight is 502 g/mol. The highest BCUT2D eigenvalue weighted by Crippen LogP contribution is 2.37. The molecule has 5 rings (SSSR count). The van der Waals surface area contributed by atoms with E-state index >= 15 is 0 Å². The Hall–Kier alpha value is -4.79. The molecule has 37 heavy (non-hydrogen) atoms. The van der Waals surface area contributed by atoms with E-state index in [1.807, 2.05) is 42.5 Å². The lowest BCUT2D eigenvalue weighted by molar-refractivity contribution is -0.137. The third kappa shape index (κ3) is 5.11. The minimum Gasteiger partial charge on any atom is -0.494 e. The fourth-order valence-corrected chi connectivity index (χ4v) is 4.03. The highest BCUT2D eigenvalue weighted by atomic mass is 19.4. The van der Waals surface area contributed by atoms with Crippen molar-refractivity contribution in [2.24, 2.45) is 0 Å². The number of pyridine rings is 1. The Morgan fingerprint density at radius 2 is 1.46 bits per heavy atom. The van der Waals surface area contributed by atoms with Crippen molar-refractivity contribution in [3.8, 4) is 5.75 Å². The summed E-state index contributed by atoms with van der Waals surface area (Å²) < 4.78 is 44.2. The Morgan fingerprint density at radius 1 is 0.784 bits per heavy atom. The number of methoxy groups -OCH3 is 1. The number of aromatic nitrogens is 1. The molecular formula is C28H21F3N4O2. The van der Waals surface area contributed by atoms with E-state index in [1.54, 1.807) is 31.4 Å². The highest BCUT2D eigenvalue weighted by Gasteiger charge is 2.30. The minimum atomic E-state index is -4.49. The molecule has 0 unspecified atom stereocenters. The molecule has 0 aliphatic carbocycles. The molecule has 0 bridgehead atoms. The van der Waals surface area contributed by atoms with Gasteiger partial charge in [0.25, 0.3) is 0 Å². The molecule has 2 amide bonds. The van der Waals surface area contributed by atoms with Crippen molar-refractivity contribution in [2.75, 3.05) is 23.1 Å². The van der Waals surface area contributed by atoms with E-state index < -0.39 is 17.8 Å². The molecule has 0 aliphatic heterocycles. The number of carbonyl (C=O) groups excluding carboxylic acids is 1. The Kier molecular flexibility index (Phi) is 6.27. The number of urea groups is 1. The van der Waals surface area contributed by atoms with E-state index in [1.165, 1.54) is 12.1 Å². The lowest BCUT2D eigenvalue weighted by Gasteiger charge is -2.15. The van der Waals surface area contributed by atoms with Crippen LogP contribution in [0.5, 0.6) is 5.75 Å². The summed E-state index contributed by atoms with van der Waals surface area (Å²) >= 11 is 0. The number of alkyl halides is 3. The van der Waals surface area contributed by atoms with Crippen molar-refractivity contribution in [1.82, 2.24) is 4.98 Å². The monoisotopic (exact) mass is 502 g/mol. The average Bonchev–Trinajstić information content (AvgIpc) is 2.89. The Bertz CT molecular complexity index is 1600. The minimum absolute atomic E-state index is 0.0393. The van der Waals surface area contributed by atoms with Crippen LogP contribution in [-0.2, 0) is 6.18 Å². The number of para-hydroxylation sites is 2. The summed E-state index contributed by atoms with van der Waals surface area (Å²) in [7, 11) is 1.60. The molecule has 186 valence electrons. The van der Waals surface area contributed by atoms with E-state index in [4.69, 9.17) is 9.72 Å². The van der Waals surface area contributed by atoms with Crippen molar-refractivity contribution in [1.29, 1.82) is 0 Å². The van der Waals surface area contributed by atoms with Crippen molar-refractivity contribution < 1.29 is 22.7 Å². The van der Waals surface area contributed by atoms with Gasteiger partial charge in [-0.1, -0.05) is 36.4 Å². The van der Waals surface area contributed by atoms with Crippen LogP contribution < -0.4 is 20.7 Å². The molecule has 9 heteroatoms. The molecule has 3 N–H and O–H groups in total. The number of fused-ring (bicyclic) bond motifs is 2. The van der Waals surface area contributed by atoms with Crippen LogP contribution in [0.15, 0.2) is 91.0 Å². The predicted octanol–water partition coefficient (Wildman–Crippen LogP) is 7.80. The zero-order chi connectivity index (χ0) is 26.0. The summed E-state index contributed by atoms with van der Waals surface area (Å²) in [5.74, 6) is 0.664. The lowest BCUT2D eigenvalue weighted by atomic mass is 10.1. The third-order valence-corrected chi connectivity index (χ3v) is 5.75. The number of hydrogen-bond acceptors (Lipinski definition) is 4. The topological polar surface area (TPSA) is 75.3 Å². The molecule has 0 spiro atoms. The van der Waals surface area contributed by atoms with Crippen molar-refractivity contribution in [3.05, 3.63) is 96.6 Å². The van der Waals surface area contributed by atoms with Crippen LogP contribution in [0.2, 0.25) is 0 Å². The van der Waals surface area contributed by atoms with Gasteiger partial charge in [-0.2, -0.15) is 13.2 Å². The second-order valence-corrected chi connectivity index (χ2v) is 8.22. The molecule has 0 radical (unpaired) electrons. The van der Waals surface area contributed by atoms with Crippen LogP contribution in [0, 0.1) is 0 Å². The van der Waals surface area contributed by atoms with Gasteiger partial charge in [-0.25, -0.2) is 9.78 Å². The number of hydrogen-bond donors (Lipinski definition) is 3. The summed E-state index contributed by atoms with van der Waals surface area (Å²) in [6.45, 7) is 0. The smallest absolute Gasteiger partial charge is 0.416 e. The normalized spacial score (nSPS) is 11.4. The molecule has 5 aromatic rings. The van der Waals surface area contributed by atoms with Crippen LogP contribution in [0.3, 0.4) is 0 Å². The van der Waals surface area contributed by atoms with Gasteiger partial charge in [0.15, 0.2) is 0 Å². The van der Waals surface area contributed by atoms with E-state index in [0.717, 1.165) is 45.3 Å². The predicted molar refractivity (Wildman–Crippen MR) is 140 cm³/mol. The van der Waals surface area contributed by atoms with E-state index in [2.05, 4.69) is 16.0 Å². The summed E-state index contributed by atoms with van der Waals surface area (Å²) in [6.07, 6.45) is -4.49. The first kappa shape index (κ1) is 23.9. The molecule has 0 saturated heterocycles. The number of nitrogens with zero attached hydrogens (tertiary/aromatic N) is 1. The maximum Gasteiger partial charge on any atom is 0.416 e. The van der Waals surface area contributed by atoms with E-state index in [0.29, 0.717) is 11.4 Å². The number of carbonyl (C=O) groups is 1. The first-order valence-electron chi connectivity index (χ1n) is 11.3. The van der Waals surface area contributed by atoms with Crippen LogP contribution in [0.25, 0.3) is 21.8 Å². The van der Waals surface area contributed by atoms with Crippen molar-refractivity contribution in [2.45, 2.75) is 6.18 Å². The van der Waals surface area contributed by atoms with Crippen LogP contribution in [0.4, 0.5) is 40.7 Å². The maximum atomic E-state index is 12.9. The van der Waals surface area contributed by atoms with Gasteiger partial charge in [0.05, 0.1) is 23.9 Å². The number of rotatable bonds is 5. The van der Waals surface area contributed by atoms with Crippen LogP contribution in [0.1, 0.15) is 5.56 Å². The fraction of sp³-hybridized carbons (Fsp3) is 0.0714. The first-order chi connectivity index (χ1) is 17.8. The molecule has 0 fully saturated rings. The van der Waals surface area contributed by atoms with E-state index in [9.17, 15) is 18.0 Å². The fourth-order valence-electron chi connectivity index (χ4n) is 4.03. The van der Waals surface area contributed by atoms with Gasteiger partial charge in [-0.05, 0) is 54.6 Å². The van der Waals surface area contributed by atoms with Gasteiger partial charge < -0.3 is 20.7 Å². The molecule has 4 aromatic carbocycles. The number of anilines is 4. The number of halogens is 3. The standard InChI is InChI=1S/C28H21F3N4O2/c1-37-24-11-5-9-22-25(21-8-2-3-10-23(21)35-26(22)24)32-18-12-14-19(15-13-18)33-27(36)34-20-7-4-6-17(16-20)28(29,30)31/h2-16H,1H3,(H,32,35)(H2,33,34,36). The second-order valence-electron chi connectivity index (χ2n) is 8.22. The number of ether oxygens (including phenoxy) is 1. The van der Waals surface area contributed by atoms with E-state index in [-0.39, 0.29) is 5.69 Å². The number of nitrogens with one attached hydrogen (secondary N) is 3. The maximum absolute atomic E-state index is 12.9.